The summed E-state index contributed by atoms with van der Waals surface area (Å²) in [5, 5.41) is 16.6. The zero-order chi connectivity index (χ0) is 20.2. The molecule has 0 unspecified atom stereocenters. The highest BCUT2D eigenvalue weighted by molar-refractivity contribution is 6.48. The largest absolute Gasteiger partial charge is 0.549 e. The third-order valence-corrected chi connectivity index (χ3v) is 6.22. The van der Waals surface area contributed by atoms with Crippen LogP contribution < -0.4 is 21.0 Å². The molecule has 4 rings (SSSR count). The SMILES string of the molecule is NCCN[C@H]1CC[C@H](CC2=CCOB3Oc4c(cccc4C(=O)O)C[C@@H]3N2)CC1. The lowest BCUT2D eigenvalue weighted by Gasteiger charge is -2.32. The Hall–Kier alpha value is -2.03. The minimum Gasteiger partial charge on any atom is -0.534 e. The predicted molar refractivity (Wildman–Crippen MR) is 112 cm³/mol. The van der Waals surface area contributed by atoms with E-state index < -0.39 is 13.1 Å². The maximum atomic E-state index is 11.5. The Bertz CT molecular complexity index is 764. The molecule has 0 bridgehead atoms. The number of hydrogen-bond acceptors (Lipinski definition) is 6. The average Bonchev–Trinajstić information content (AvgIpc) is 2.92. The van der Waals surface area contributed by atoms with Crippen LogP contribution in [0, 0.1) is 5.92 Å². The highest BCUT2D eigenvalue weighted by Crippen LogP contribution is 2.33. The van der Waals surface area contributed by atoms with Gasteiger partial charge in [-0.15, -0.1) is 0 Å². The van der Waals surface area contributed by atoms with Gasteiger partial charge in [0.15, 0.2) is 0 Å². The van der Waals surface area contributed by atoms with Crippen molar-refractivity contribution in [2.24, 2.45) is 11.7 Å². The third kappa shape index (κ3) is 4.77. The number of allylic oxidation sites excluding steroid dienone is 1. The monoisotopic (exact) mass is 399 g/mol. The highest BCUT2D eigenvalue weighted by atomic mass is 16.6. The number of carbonyl (C=O) groups is 1. The molecule has 8 heteroatoms. The Labute approximate surface area is 172 Å². The lowest BCUT2D eigenvalue weighted by atomic mass is 9.71. The smallest absolute Gasteiger partial charge is 0.534 e. The molecule has 0 aromatic heterocycles. The molecule has 156 valence electrons. The summed E-state index contributed by atoms with van der Waals surface area (Å²) in [6.07, 6.45) is 8.68. The van der Waals surface area contributed by atoms with E-state index in [4.69, 9.17) is 15.0 Å². The maximum Gasteiger partial charge on any atom is 0.549 e. The van der Waals surface area contributed by atoms with Gasteiger partial charge in [-0.3, -0.25) is 0 Å². The van der Waals surface area contributed by atoms with Gasteiger partial charge in [-0.05, 0) is 62.1 Å². The number of aromatic carboxylic acids is 1. The van der Waals surface area contributed by atoms with Gasteiger partial charge in [-0.1, -0.05) is 12.1 Å². The first-order valence-corrected chi connectivity index (χ1v) is 10.7. The molecule has 2 heterocycles. The van der Waals surface area contributed by atoms with Crippen molar-refractivity contribution in [2.45, 2.75) is 50.5 Å². The molecule has 1 atom stereocenters. The maximum absolute atomic E-state index is 11.5. The van der Waals surface area contributed by atoms with Crippen LogP contribution in [0.4, 0.5) is 0 Å². The fourth-order valence-corrected chi connectivity index (χ4v) is 4.71. The van der Waals surface area contributed by atoms with E-state index in [9.17, 15) is 9.90 Å². The molecule has 3 aliphatic rings. The van der Waals surface area contributed by atoms with Crippen molar-refractivity contribution >= 4 is 13.1 Å². The van der Waals surface area contributed by atoms with Crippen molar-refractivity contribution in [3.63, 3.8) is 0 Å². The second-order valence-corrected chi connectivity index (χ2v) is 8.27. The fraction of sp³-hybridized carbons (Fsp3) is 0.571. The number of carboxylic acid groups (broad SMARTS) is 1. The highest BCUT2D eigenvalue weighted by Gasteiger charge is 2.40. The molecule has 29 heavy (non-hydrogen) atoms. The van der Waals surface area contributed by atoms with Crippen LogP contribution in [0.5, 0.6) is 5.75 Å². The summed E-state index contributed by atoms with van der Waals surface area (Å²) in [4.78, 5) is 11.5. The van der Waals surface area contributed by atoms with E-state index in [1.54, 1.807) is 12.1 Å². The third-order valence-electron chi connectivity index (χ3n) is 6.22. The zero-order valence-electron chi connectivity index (χ0n) is 16.7. The molecular weight excluding hydrogens is 369 g/mol. The van der Waals surface area contributed by atoms with Gasteiger partial charge in [0.05, 0.1) is 18.1 Å². The molecule has 0 amide bonds. The summed E-state index contributed by atoms with van der Waals surface area (Å²) in [5.74, 6) is 0.131. The molecule has 2 aliphatic heterocycles. The van der Waals surface area contributed by atoms with E-state index in [0.717, 1.165) is 18.5 Å². The van der Waals surface area contributed by atoms with Crippen molar-refractivity contribution in [3.05, 3.63) is 41.1 Å². The molecule has 1 saturated carbocycles. The van der Waals surface area contributed by atoms with E-state index in [2.05, 4.69) is 16.7 Å². The first-order chi connectivity index (χ1) is 14.1. The van der Waals surface area contributed by atoms with Crippen LogP contribution in [0.1, 0.15) is 48.0 Å². The van der Waals surface area contributed by atoms with Gasteiger partial charge in [0.1, 0.15) is 5.75 Å². The van der Waals surface area contributed by atoms with Crippen LogP contribution in [0.3, 0.4) is 0 Å². The Morgan fingerprint density at radius 3 is 2.90 bits per heavy atom. The average molecular weight is 399 g/mol. The number of hydrogen-bond donors (Lipinski definition) is 4. The molecule has 7 nitrogen and oxygen atoms in total. The van der Waals surface area contributed by atoms with Crippen LogP contribution in [0.15, 0.2) is 30.0 Å². The summed E-state index contributed by atoms with van der Waals surface area (Å²) in [7, 11) is -0.479. The van der Waals surface area contributed by atoms with E-state index >= 15 is 0 Å². The van der Waals surface area contributed by atoms with Crippen LogP contribution in [0.25, 0.3) is 0 Å². The number of fused-ring (bicyclic) bond motifs is 2. The first-order valence-electron chi connectivity index (χ1n) is 10.7. The fourth-order valence-electron chi connectivity index (χ4n) is 4.71. The minimum absolute atomic E-state index is 0.0112. The standard InChI is InChI=1S/C21H30BN3O4/c23-9-10-24-16-6-4-14(5-7-16)12-17-8-11-28-22-19(25-17)13-15-2-1-3-18(21(26)27)20(15)29-22/h1-3,8,14,16,19,24-25H,4-7,9-13,23H2,(H,26,27)/t14-,16-,19-/m0/s1. The van der Waals surface area contributed by atoms with E-state index in [-0.39, 0.29) is 11.5 Å². The van der Waals surface area contributed by atoms with Crippen molar-refractivity contribution in [3.8, 4) is 5.75 Å². The van der Waals surface area contributed by atoms with E-state index in [1.807, 2.05) is 6.07 Å². The van der Waals surface area contributed by atoms with Crippen molar-refractivity contribution in [2.75, 3.05) is 19.7 Å². The van der Waals surface area contributed by atoms with Gasteiger partial charge in [-0.25, -0.2) is 4.79 Å². The summed E-state index contributed by atoms with van der Waals surface area (Å²) in [5.41, 5.74) is 7.92. The second-order valence-electron chi connectivity index (χ2n) is 8.27. The molecule has 1 aromatic carbocycles. The van der Waals surface area contributed by atoms with Gasteiger partial charge >= 0.3 is 13.1 Å². The van der Waals surface area contributed by atoms with Crippen molar-refractivity contribution < 1.29 is 19.2 Å². The Kier molecular flexibility index (Phi) is 6.42. The molecular formula is C21H30BN3O4. The van der Waals surface area contributed by atoms with Gasteiger partial charge < -0.3 is 30.8 Å². The van der Waals surface area contributed by atoms with Crippen LogP contribution in [-0.2, 0) is 11.1 Å². The number of carboxylic acids is 1. The minimum atomic E-state index is -0.975. The topological polar surface area (TPSA) is 106 Å². The van der Waals surface area contributed by atoms with Gasteiger partial charge in [0, 0.05) is 24.8 Å². The summed E-state index contributed by atoms with van der Waals surface area (Å²) >= 11 is 0. The summed E-state index contributed by atoms with van der Waals surface area (Å²) < 4.78 is 11.9. The van der Waals surface area contributed by atoms with Crippen molar-refractivity contribution in [1.82, 2.24) is 10.6 Å². The number of benzene rings is 1. The zero-order valence-corrected chi connectivity index (χ0v) is 16.7. The molecule has 1 aromatic rings. The molecule has 0 radical (unpaired) electrons. The quantitative estimate of drug-likeness (QED) is 0.540. The molecule has 1 fully saturated rings. The van der Waals surface area contributed by atoms with E-state index in [0.29, 0.717) is 37.3 Å². The lowest BCUT2D eigenvalue weighted by molar-refractivity contribution is 0.0694. The molecule has 0 spiro atoms. The Morgan fingerprint density at radius 1 is 1.31 bits per heavy atom. The van der Waals surface area contributed by atoms with Gasteiger partial charge in [0.2, 0.25) is 0 Å². The summed E-state index contributed by atoms with van der Waals surface area (Å²) in [6, 6.07) is 5.89. The summed E-state index contributed by atoms with van der Waals surface area (Å²) in [6.45, 7) is 2.06. The Balaban J connectivity index is 1.36. The number of rotatable bonds is 6. The number of para-hydroxylation sites is 1. The lowest BCUT2D eigenvalue weighted by Crippen LogP contribution is -2.51. The van der Waals surface area contributed by atoms with Gasteiger partial charge in [-0.2, -0.15) is 0 Å². The first kappa shape index (κ1) is 20.3. The van der Waals surface area contributed by atoms with Crippen molar-refractivity contribution in [1.29, 1.82) is 0 Å². The molecule has 0 saturated heterocycles. The van der Waals surface area contributed by atoms with E-state index in [1.165, 1.54) is 31.4 Å². The number of nitrogens with two attached hydrogens (primary N) is 1. The van der Waals surface area contributed by atoms with Crippen LogP contribution in [0.2, 0.25) is 0 Å². The molecule has 1 aliphatic carbocycles. The van der Waals surface area contributed by atoms with Crippen LogP contribution >= 0.6 is 0 Å². The van der Waals surface area contributed by atoms with Crippen LogP contribution in [-0.4, -0.2) is 49.9 Å². The normalized spacial score (nSPS) is 26.3. The number of nitrogens with one attached hydrogen (secondary N) is 2. The van der Waals surface area contributed by atoms with Gasteiger partial charge in [0.25, 0.3) is 0 Å². The Morgan fingerprint density at radius 2 is 2.14 bits per heavy atom. The predicted octanol–water partition coefficient (Wildman–Crippen LogP) is 1.72. The second kappa shape index (κ2) is 9.20. The molecule has 5 N–H and O–H groups in total.